The highest BCUT2D eigenvalue weighted by Crippen LogP contribution is 2.45. The summed E-state index contributed by atoms with van der Waals surface area (Å²) in [5.41, 5.74) is 12.0. The fraction of sp³-hybridized carbons (Fsp3) is 0.256. The highest BCUT2D eigenvalue weighted by molar-refractivity contribution is 5.80. The SMILES string of the molecule is CC(C)C1=CC(c2cc(C3=CCCC=C3)cc(-c3ccccc3)c2)CC(C(C)C)=C1n1ccnc1-c1ccccc1. The van der Waals surface area contributed by atoms with Crippen molar-refractivity contribution in [2.24, 2.45) is 11.8 Å². The molecule has 1 atom stereocenters. The first kappa shape index (κ1) is 27.0. The Labute approximate surface area is 245 Å². The van der Waals surface area contributed by atoms with Gasteiger partial charge in [0.2, 0.25) is 0 Å². The van der Waals surface area contributed by atoms with Crippen LogP contribution in [-0.2, 0) is 0 Å². The number of hydrogen-bond acceptors (Lipinski definition) is 1. The number of hydrogen-bond donors (Lipinski definition) is 0. The van der Waals surface area contributed by atoms with E-state index in [0.717, 1.165) is 30.7 Å². The van der Waals surface area contributed by atoms with Gasteiger partial charge in [-0.1, -0.05) is 125 Å². The van der Waals surface area contributed by atoms with Gasteiger partial charge in [-0.15, -0.1) is 0 Å². The van der Waals surface area contributed by atoms with Gasteiger partial charge in [-0.05, 0) is 76.1 Å². The summed E-state index contributed by atoms with van der Waals surface area (Å²) in [6, 6.07) is 28.7. The molecule has 2 aliphatic carbocycles. The van der Waals surface area contributed by atoms with Gasteiger partial charge in [0.1, 0.15) is 5.82 Å². The van der Waals surface area contributed by atoms with Crippen LogP contribution in [-0.4, -0.2) is 9.55 Å². The Morgan fingerprint density at radius 2 is 1.46 bits per heavy atom. The van der Waals surface area contributed by atoms with Gasteiger partial charge in [-0.25, -0.2) is 4.98 Å². The van der Waals surface area contributed by atoms with E-state index in [1.807, 2.05) is 6.20 Å². The summed E-state index contributed by atoms with van der Waals surface area (Å²) in [6.45, 7) is 9.35. The minimum absolute atomic E-state index is 0.313. The number of imidazole rings is 1. The van der Waals surface area contributed by atoms with Crippen LogP contribution in [0, 0.1) is 11.8 Å². The maximum absolute atomic E-state index is 4.82. The lowest BCUT2D eigenvalue weighted by Crippen LogP contribution is -2.18. The minimum atomic E-state index is 0.313. The zero-order chi connectivity index (χ0) is 28.3. The average molecular weight is 537 g/mol. The number of rotatable bonds is 7. The summed E-state index contributed by atoms with van der Waals surface area (Å²) < 4.78 is 2.34. The fourth-order valence-electron chi connectivity index (χ4n) is 6.30. The third-order valence-corrected chi connectivity index (χ3v) is 8.45. The Balaban J connectivity index is 1.49. The first-order chi connectivity index (χ1) is 20.0. The predicted molar refractivity (Wildman–Crippen MR) is 174 cm³/mol. The molecule has 1 heterocycles. The van der Waals surface area contributed by atoms with E-state index in [0.29, 0.717) is 17.8 Å². The summed E-state index contributed by atoms with van der Waals surface area (Å²) in [4.78, 5) is 4.82. The van der Waals surface area contributed by atoms with Crippen molar-refractivity contribution in [1.82, 2.24) is 9.55 Å². The molecule has 2 heteroatoms. The van der Waals surface area contributed by atoms with Crippen molar-refractivity contribution in [3.8, 4) is 22.5 Å². The normalized spacial score (nSPS) is 17.3. The third kappa shape index (κ3) is 5.57. The molecule has 2 nitrogen and oxygen atoms in total. The largest absolute Gasteiger partial charge is 0.300 e. The van der Waals surface area contributed by atoms with Crippen LogP contribution in [0.1, 0.15) is 64.0 Å². The number of benzene rings is 3. The van der Waals surface area contributed by atoms with Crippen LogP contribution >= 0.6 is 0 Å². The Morgan fingerprint density at radius 1 is 0.756 bits per heavy atom. The lowest BCUT2D eigenvalue weighted by molar-refractivity contribution is 0.645. The predicted octanol–water partition coefficient (Wildman–Crippen LogP) is 10.6. The molecule has 3 aromatic carbocycles. The molecule has 0 fully saturated rings. The highest BCUT2D eigenvalue weighted by atomic mass is 15.1. The average Bonchev–Trinajstić information content (AvgIpc) is 3.51. The van der Waals surface area contributed by atoms with Gasteiger partial charge < -0.3 is 0 Å². The molecule has 0 aliphatic heterocycles. The summed E-state index contributed by atoms with van der Waals surface area (Å²) in [6.07, 6.45) is 16.9. The van der Waals surface area contributed by atoms with E-state index in [2.05, 4.69) is 142 Å². The van der Waals surface area contributed by atoms with Gasteiger partial charge in [0.25, 0.3) is 0 Å². The summed E-state index contributed by atoms with van der Waals surface area (Å²) in [7, 11) is 0. The molecule has 0 saturated heterocycles. The van der Waals surface area contributed by atoms with Crippen molar-refractivity contribution in [3.05, 3.63) is 138 Å². The molecule has 1 unspecified atom stereocenters. The van der Waals surface area contributed by atoms with Crippen LogP contribution in [0.25, 0.3) is 33.8 Å². The van der Waals surface area contributed by atoms with Crippen LogP contribution in [0.4, 0.5) is 0 Å². The van der Waals surface area contributed by atoms with E-state index in [-0.39, 0.29) is 0 Å². The molecule has 2 aliphatic rings. The van der Waals surface area contributed by atoms with Gasteiger partial charge in [-0.3, -0.25) is 4.57 Å². The molecule has 41 heavy (non-hydrogen) atoms. The van der Waals surface area contributed by atoms with E-state index in [1.54, 1.807) is 0 Å². The molecule has 6 rings (SSSR count). The minimum Gasteiger partial charge on any atom is -0.300 e. The second-order valence-electron chi connectivity index (χ2n) is 12.0. The van der Waals surface area contributed by atoms with Gasteiger partial charge in [0.15, 0.2) is 0 Å². The Bertz CT molecular complexity index is 1640. The standard InChI is InChI=1S/C39H40N2/c1-27(2)36-25-35(26-37(28(3)4)38(36)41-21-20-40-39(41)31-18-12-7-13-19-31)34-23-32(29-14-8-5-9-15-29)22-33(24-34)30-16-10-6-11-17-30/h5,7-10,12-25,27-28,35H,6,11,26H2,1-4H3. The van der Waals surface area contributed by atoms with Crippen molar-refractivity contribution < 1.29 is 0 Å². The van der Waals surface area contributed by atoms with Crippen molar-refractivity contribution in [3.63, 3.8) is 0 Å². The van der Waals surface area contributed by atoms with Crippen molar-refractivity contribution in [2.75, 3.05) is 0 Å². The number of aromatic nitrogens is 2. The van der Waals surface area contributed by atoms with Crippen molar-refractivity contribution >= 4 is 11.3 Å². The molecule has 0 N–H and O–H groups in total. The Hall–Kier alpha value is -4.17. The quantitative estimate of drug-likeness (QED) is 0.230. The topological polar surface area (TPSA) is 17.8 Å². The maximum Gasteiger partial charge on any atom is 0.144 e. The van der Waals surface area contributed by atoms with E-state index in [9.17, 15) is 0 Å². The van der Waals surface area contributed by atoms with E-state index in [1.165, 1.54) is 44.7 Å². The number of allylic oxidation sites excluding steroid dienone is 8. The second-order valence-corrected chi connectivity index (χ2v) is 12.0. The van der Waals surface area contributed by atoms with Crippen molar-refractivity contribution in [1.29, 1.82) is 0 Å². The zero-order valence-electron chi connectivity index (χ0n) is 24.7. The molecular weight excluding hydrogens is 496 g/mol. The highest BCUT2D eigenvalue weighted by Gasteiger charge is 2.29. The molecule has 1 aromatic heterocycles. The second kappa shape index (κ2) is 11.7. The molecule has 0 saturated carbocycles. The van der Waals surface area contributed by atoms with Gasteiger partial charge >= 0.3 is 0 Å². The smallest absolute Gasteiger partial charge is 0.144 e. The van der Waals surface area contributed by atoms with Crippen LogP contribution in [0.2, 0.25) is 0 Å². The molecular formula is C39H40N2. The maximum atomic E-state index is 4.82. The molecule has 0 bridgehead atoms. The summed E-state index contributed by atoms with van der Waals surface area (Å²) >= 11 is 0. The fourth-order valence-corrected chi connectivity index (χ4v) is 6.30. The third-order valence-electron chi connectivity index (χ3n) is 8.45. The molecule has 206 valence electrons. The monoisotopic (exact) mass is 536 g/mol. The van der Waals surface area contributed by atoms with Crippen LogP contribution in [0.5, 0.6) is 0 Å². The Kier molecular flexibility index (Phi) is 7.74. The summed E-state index contributed by atoms with van der Waals surface area (Å²) in [5, 5.41) is 0. The Morgan fingerprint density at radius 3 is 2.12 bits per heavy atom. The lowest BCUT2D eigenvalue weighted by atomic mass is 9.76. The van der Waals surface area contributed by atoms with Gasteiger partial charge in [-0.2, -0.15) is 0 Å². The van der Waals surface area contributed by atoms with Crippen LogP contribution < -0.4 is 0 Å². The van der Waals surface area contributed by atoms with Gasteiger partial charge in [0.05, 0.1) is 0 Å². The first-order valence-electron chi connectivity index (χ1n) is 15.1. The lowest BCUT2D eigenvalue weighted by Gasteiger charge is -2.33. The first-order valence-corrected chi connectivity index (χ1v) is 15.1. The zero-order valence-corrected chi connectivity index (χ0v) is 24.7. The number of nitrogens with zero attached hydrogens (tertiary/aromatic N) is 2. The van der Waals surface area contributed by atoms with E-state index in [4.69, 9.17) is 4.98 Å². The van der Waals surface area contributed by atoms with Gasteiger partial charge in [0, 0.05) is 29.6 Å². The van der Waals surface area contributed by atoms with Crippen LogP contribution in [0.3, 0.4) is 0 Å². The van der Waals surface area contributed by atoms with E-state index < -0.39 is 0 Å². The molecule has 4 aromatic rings. The van der Waals surface area contributed by atoms with Crippen molar-refractivity contribution in [2.45, 2.75) is 52.9 Å². The molecule has 0 spiro atoms. The molecule has 0 radical (unpaired) electrons. The molecule has 0 amide bonds. The summed E-state index contributed by atoms with van der Waals surface area (Å²) in [5.74, 6) is 2.12. The van der Waals surface area contributed by atoms with Crippen LogP contribution in [0.15, 0.2) is 127 Å². The van der Waals surface area contributed by atoms with E-state index >= 15 is 0 Å².